The van der Waals surface area contributed by atoms with E-state index >= 15 is 0 Å². The van der Waals surface area contributed by atoms with Crippen molar-refractivity contribution < 1.29 is 14.6 Å². The number of carbonyl (C=O) groups is 1. The summed E-state index contributed by atoms with van der Waals surface area (Å²) >= 11 is 0. The summed E-state index contributed by atoms with van der Waals surface area (Å²) in [6.45, 7) is 0.314. The number of nitrogens with zero attached hydrogens (tertiary/aromatic N) is 2. The molecular formula is C18H24N3O2+. The maximum Gasteiger partial charge on any atom is 0.286 e. The van der Waals surface area contributed by atoms with Crippen molar-refractivity contribution in [1.82, 2.24) is 5.32 Å². The van der Waals surface area contributed by atoms with E-state index in [9.17, 15) is 4.79 Å². The first-order valence-electron chi connectivity index (χ1n) is 8.62. The lowest BCUT2D eigenvalue weighted by Gasteiger charge is -2.56. The Morgan fingerprint density at radius 3 is 2.57 bits per heavy atom. The largest absolute Gasteiger partial charge is 0.411 e. The molecule has 0 spiro atoms. The molecule has 2 N–H and O–H groups in total. The third-order valence-corrected chi connectivity index (χ3v) is 5.86. The monoisotopic (exact) mass is 314 g/mol. The molecule has 5 nitrogen and oxygen atoms in total. The number of nitrogens with one attached hydrogen (secondary N) is 1. The number of amides is 1. The number of pyridine rings is 1. The van der Waals surface area contributed by atoms with Crippen molar-refractivity contribution in [3.05, 3.63) is 30.1 Å². The molecule has 4 fully saturated rings. The Hall–Kier alpha value is -1.91. The van der Waals surface area contributed by atoms with E-state index in [0.29, 0.717) is 6.54 Å². The Kier molecular flexibility index (Phi) is 3.58. The second kappa shape index (κ2) is 5.62. The van der Waals surface area contributed by atoms with Gasteiger partial charge in [0, 0.05) is 11.6 Å². The summed E-state index contributed by atoms with van der Waals surface area (Å²) in [5.41, 5.74) is 0.842. The van der Waals surface area contributed by atoms with Crippen molar-refractivity contribution in [2.24, 2.45) is 22.9 Å². The van der Waals surface area contributed by atoms with Crippen molar-refractivity contribution in [3.8, 4) is 0 Å². The number of hydrogen-bond acceptors (Lipinski definition) is 3. The minimum Gasteiger partial charge on any atom is -0.411 e. The molecule has 1 aromatic rings. The molecule has 4 bridgehead atoms. The molecule has 0 atom stereocenters. The van der Waals surface area contributed by atoms with Gasteiger partial charge in [-0.15, -0.1) is 0 Å². The number of hydrogen-bond donors (Lipinski definition) is 2. The van der Waals surface area contributed by atoms with E-state index in [0.717, 1.165) is 23.3 Å². The fraction of sp³-hybridized carbons (Fsp3) is 0.611. The minimum atomic E-state index is 0.0660. The van der Waals surface area contributed by atoms with Gasteiger partial charge in [-0.3, -0.25) is 4.79 Å². The Balaban J connectivity index is 1.43. The molecule has 1 heterocycles. The van der Waals surface area contributed by atoms with E-state index in [-0.39, 0.29) is 11.4 Å². The first-order valence-corrected chi connectivity index (χ1v) is 8.62. The van der Waals surface area contributed by atoms with E-state index in [2.05, 4.69) is 10.5 Å². The van der Waals surface area contributed by atoms with Crippen molar-refractivity contribution in [1.29, 1.82) is 0 Å². The van der Waals surface area contributed by atoms with Gasteiger partial charge in [-0.25, -0.2) is 0 Å². The molecule has 4 aliphatic carbocycles. The zero-order chi connectivity index (χ0) is 15.9. The molecule has 1 aromatic heterocycles. The van der Waals surface area contributed by atoms with Crippen LogP contribution in [0.4, 0.5) is 0 Å². The Morgan fingerprint density at radius 1 is 1.30 bits per heavy atom. The van der Waals surface area contributed by atoms with Gasteiger partial charge in [0.25, 0.3) is 5.91 Å². The van der Waals surface area contributed by atoms with Crippen LogP contribution in [-0.2, 0) is 11.3 Å². The van der Waals surface area contributed by atoms with Crippen molar-refractivity contribution in [3.63, 3.8) is 0 Å². The van der Waals surface area contributed by atoms with E-state index < -0.39 is 0 Å². The molecule has 23 heavy (non-hydrogen) atoms. The van der Waals surface area contributed by atoms with E-state index in [1.54, 1.807) is 0 Å². The molecule has 0 aromatic carbocycles. The van der Waals surface area contributed by atoms with E-state index in [4.69, 9.17) is 5.21 Å². The van der Waals surface area contributed by atoms with Crippen LogP contribution in [0.1, 0.15) is 44.1 Å². The van der Waals surface area contributed by atoms with Gasteiger partial charge in [-0.05, 0) is 62.3 Å². The summed E-state index contributed by atoms with van der Waals surface area (Å²) < 4.78 is 1.84. The third kappa shape index (κ3) is 2.96. The van der Waals surface area contributed by atoms with Gasteiger partial charge in [0.05, 0.1) is 11.8 Å². The number of oxime groups is 1. The summed E-state index contributed by atoms with van der Waals surface area (Å²) in [7, 11) is 0. The van der Waals surface area contributed by atoms with Gasteiger partial charge >= 0.3 is 0 Å². The first-order chi connectivity index (χ1) is 11.1. The van der Waals surface area contributed by atoms with Crippen molar-refractivity contribution in [2.75, 3.05) is 0 Å². The van der Waals surface area contributed by atoms with Gasteiger partial charge in [0.2, 0.25) is 6.54 Å². The van der Waals surface area contributed by atoms with Crippen LogP contribution in [0.5, 0.6) is 0 Å². The lowest BCUT2D eigenvalue weighted by atomic mass is 9.53. The van der Waals surface area contributed by atoms with Crippen LogP contribution in [0.25, 0.3) is 0 Å². The lowest BCUT2D eigenvalue weighted by Crippen LogP contribution is -2.61. The predicted molar refractivity (Wildman–Crippen MR) is 85.1 cm³/mol. The van der Waals surface area contributed by atoms with Crippen LogP contribution in [0, 0.1) is 17.8 Å². The van der Waals surface area contributed by atoms with Crippen LogP contribution in [0.15, 0.2) is 29.7 Å². The minimum absolute atomic E-state index is 0.0660. The molecule has 0 aliphatic heterocycles. The lowest BCUT2D eigenvalue weighted by molar-refractivity contribution is -0.684. The van der Waals surface area contributed by atoms with Crippen LogP contribution < -0.4 is 9.88 Å². The Morgan fingerprint density at radius 2 is 1.96 bits per heavy atom. The molecule has 0 saturated heterocycles. The average molecular weight is 314 g/mol. The molecule has 4 aliphatic rings. The molecule has 1 amide bonds. The molecule has 0 radical (unpaired) electrons. The quantitative estimate of drug-likeness (QED) is 0.386. The first kappa shape index (κ1) is 14.7. The standard InChI is InChI=1S/C18H23N3O2/c22-17(12-21-3-1-2-13(11-21)10-19-23)20-18-7-14-4-15(8-18)6-16(5-14)9-18/h1-3,10-11,14-16H,4-9,12H2,(H-,20,22,23)/p+1. The summed E-state index contributed by atoms with van der Waals surface area (Å²) in [6, 6.07) is 3.70. The maximum atomic E-state index is 12.6. The third-order valence-electron chi connectivity index (χ3n) is 5.86. The van der Waals surface area contributed by atoms with Crippen LogP contribution in [0.2, 0.25) is 0 Å². The zero-order valence-electron chi connectivity index (χ0n) is 13.3. The predicted octanol–water partition coefficient (Wildman–Crippen LogP) is 1.87. The molecule has 0 unspecified atom stereocenters. The van der Waals surface area contributed by atoms with E-state index in [1.807, 2.05) is 29.1 Å². The highest BCUT2D eigenvalue weighted by Gasteiger charge is 2.51. The Bertz CT molecular complexity index is 606. The maximum absolute atomic E-state index is 12.6. The van der Waals surface area contributed by atoms with Crippen molar-refractivity contribution >= 4 is 12.1 Å². The molecule has 122 valence electrons. The van der Waals surface area contributed by atoms with Crippen molar-refractivity contribution in [2.45, 2.75) is 50.6 Å². The van der Waals surface area contributed by atoms with Gasteiger partial charge in [0.15, 0.2) is 12.4 Å². The molecular weight excluding hydrogens is 290 g/mol. The summed E-state index contributed by atoms with van der Waals surface area (Å²) in [5, 5.41) is 15.0. The SMILES string of the molecule is O=C(C[n+]1cccc(C=NO)c1)NC12CC3CC(CC(C3)C1)C2. The Labute approximate surface area is 136 Å². The second-order valence-corrected chi connectivity index (χ2v) is 7.80. The molecule has 4 saturated carbocycles. The summed E-state index contributed by atoms with van der Waals surface area (Å²) in [5.74, 6) is 2.59. The zero-order valence-corrected chi connectivity index (χ0v) is 13.3. The highest BCUT2D eigenvalue weighted by atomic mass is 16.4. The van der Waals surface area contributed by atoms with Crippen LogP contribution >= 0.6 is 0 Å². The van der Waals surface area contributed by atoms with Gasteiger partial charge < -0.3 is 10.5 Å². The number of carbonyl (C=O) groups excluding carboxylic acids is 1. The molecule has 5 heteroatoms. The topological polar surface area (TPSA) is 65.6 Å². The molecule has 5 rings (SSSR count). The smallest absolute Gasteiger partial charge is 0.286 e. The van der Waals surface area contributed by atoms with Gasteiger partial charge in [0.1, 0.15) is 0 Å². The van der Waals surface area contributed by atoms with Gasteiger partial charge in [-0.2, -0.15) is 4.57 Å². The number of rotatable bonds is 4. The normalized spacial score (nSPS) is 34.9. The average Bonchev–Trinajstić information content (AvgIpc) is 2.45. The summed E-state index contributed by atoms with van der Waals surface area (Å²) in [4.78, 5) is 12.6. The summed E-state index contributed by atoms with van der Waals surface area (Å²) in [6.07, 6.45) is 12.7. The van der Waals surface area contributed by atoms with Crippen LogP contribution in [0.3, 0.4) is 0 Å². The number of aromatic nitrogens is 1. The van der Waals surface area contributed by atoms with Crippen LogP contribution in [-0.4, -0.2) is 22.9 Å². The highest BCUT2D eigenvalue weighted by molar-refractivity contribution is 5.78. The highest BCUT2D eigenvalue weighted by Crippen LogP contribution is 2.55. The van der Waals surface area contributed by atoms with Gasteiger partial charge in [-0.1, -0.05) is 5.16 Å². The van der Waals surface area contributed by atoms with E-state index in [1.165, 1.54) is 44.7 Å². The second-order valence-electron chi connectivity index (χ2n) is 7.80. The fourth-order valence-electron chi connectivity index (χ4n) is 5.55. The fourth-order valence-corrected chi connectivity index (χ4v) is 5.55.